The van der Waals surface area contributed by atoms with Crippen molar-refractivity contribution in [1.29, 1.82) is 0 Å². The summed E-state index contributed by atoms with van der Waals surface area (Å²) in [7, 11) is 0. The van der Waals surface area contributed by atoms with Gasteiger partial charge in [0.15, 0.2) is 0 Å². The lowest BCUT2D eigenvalue weighted by atomic mass is 10.0. The molecule has 29 heavy (non-hydrogen) atoms. The molecule has 0 bridgehead atoms. The van der Waals surface area contributed by atoms with Crippen molar-refractivity contribution in [1.82, 2.24) is 9.47 Å². The number of hydrogen-bond acceptors (Lipinski definition) is 4. The molecule has 0 radical (unpaired) electrons. The smallest absolute Gasteiger partial charge is 0.341 e. The molecule has 4 rings (SSSR count). The van der Waals surface area contributed by atoms with Crippen molar-refractivity contribution in [3.8, 4) is 0 Å². The predicted molar refractivity (Wildman–Crippen MR) is 112 cm³/mol. The summed E-state index contributed by atoms with van der Waals surface area (Å²) in [5.74, 6) is -1.75. The molecule has 1 saturated carbocycles. The van der Waals surface area contributed by atoms with Gasteiger partial charge in [-0.2, -0.15) is 0 Å². The van der Waals surface area contributed by atoms with Crippen molar-refractivity contribution in [2.24, 2.45) is 0 Å². The molecule has 1 aliphatic carbocycles. The van der Waals surface area contributed by atoms with E-state index < -0.39 is 17.2 Å². The molecule has 6 nitrogen and oxygen atoms in total. The van der Waals surface area contributed by atoms with Gasteiger partial charge in [0.1, 0.15) is 11.4 Å². The van der Waals surface area contributed by atoms with Crippen LogP contribution in [0.1, 0.15) is 56.9 Å². The predicted octanol–water partition coefficient (Wildman–Crippen LogP) is 3.48. The lowest BCUT2D eigenvalue weighted by molar-refractivity contribution is 0.0694. The number of carboxylic acid groups (broad SMARTS) is 1. The Morgan fingerprint density at radius 2 is 1.90 bits per heavy atom. The molecule has 2 fully saturated rings. The van der Waals surface area contributed by atoms with Gasteiger partial charge in [0.25, 0.3) is 0 Å². The number of rotatable bonds is 3. The first-order chi connectivity index (χ1) is 13.6. The van der Waals surface area contributed by atoms with Crippen LogP contribution in [0.15, 0.2) is 23.1 Å². The lowest BCUT2D eigenvalue weighted by Crippen LogP contribution is -2.58. The first-order valence-electron chi connectivity index (χ1n) is 10.2. The van der Waals surface area contributed by atoms with Crippen LogP contribution >= 0.6 is 0 Å². The number of halogens is 1. The Balaban J connectivity index is 1.78. The van der Waals surface area contributed by atoms with Gasteiger partial charge in [-0.25, -0.2) is 9.18 Å². The van der Waals surface area contributed by atoms with Gasteiger partial charge in [-0.3, -0.25) is 9.69 Å². The number of fused-ring (bicyclic) bond motifs is 1. The SMILES string of the molecule is CC1CN(c2cc3c(cc2F)c(=O)c(C(=O)O)cn3C2CC2)CCN1C(C)(C)C. The molecule has 156 valence electrons. The summed E-state index contributed by atoms with van der Waals surface area (Å²) >= 11 is 0. The number of piperazine rings is 1. The standard InChI is InChI=1S/C22H28FN3O3/c1-13-11-24(7-8-26(13)22(2,3)4)19-10-18-15(9-17(19)23)20(27)16(21(28)29)12-25(18)14-5-6-14/h9-10,12-14H,5-8,11H2,1-4H3,(H,28,29). The van der Waals surface area contributed by atoms with Crippen molar-refractivity contribution < 1.29 is 14.3 Å². The van der Waals surface area contributed by atoms with E-state index in [2.05, 4.69) is 32.6 Å². The Kier molecular flexibility index (Phi) is 4.69. The summed E-state index contributed by atoms with van der Waals surface area (Å²) in [5.41, 5.74) is 0.219. The van der Waals surface area contributed by atoms with Crippen molar-refractivity contribution in [3.05, 3.63) is 39.9 Å². The Hall–Kier alpha value is -2.41. The highest BCUT2D eigenvalue weighted by atomic mass is 19.1. The first-order valence-corrected chi connectivity index (χ1v) is 10.2. The third-order valence-electron chi connectivity index (χ3n) is 6.10. The summed E-state index contributed by atoms with van der Waals surface area (Å²) < 4.78 is 16.9. The molecule has 0 amide bonds. The average molecular weight is 401 g/mol. The number of aromatic carboxylic acids is 1. The van der Waals surface area contributed by atoms with E-state index in [4.69, 9.17) is 0 Å². The van der Waals surface area contributed by atoms with Gasteiger partial charge in [0.2, 0.25) is 5.43 Å². The Morgan fingerprint density at radius 1 is 1.21 bits per heavy atom. The Bertz CT molecular complexity index is 1040. The maximum atomic E-state index is 15.1. The number of aromatic nitrogens is 1. The molecule has 0 spiro atoms. The normalized spacial score (nSPS) is 21.0. The van der Waals surface area contributed by atoms with Gasteiger partial charge in [-0.05, 0) is 52.7 Å². The minimum absolute atomic E-state index is 0.0487. The van der Waals surface area contributed by atoms with Crippen molar-refractivity contribution >= 4 is 22.6 Å². The van der Waals surface area contributed by atoms with E-state index in [1.165, 1.54) is 12.3 Å². The van der Waals surface area contributed by atoms with Crippen LogP contribution < -0.4 is 10.3 Å². The summed E-state index contributed by atoms with van der Waals surface area (Å²) in [6, 6.07) is 3.39. The van der Waals surface area contributed by atoms with E-state index in [9.17, 15) is 14.7 Å². The molecule has 1 saturated heterocycles. The fourth-order valence-electron chi connectivity index (χ4n) is 4.58. The molecule has 7 heteroatoms. The van der Waals surface area contributed by atoms with E-state index in [-0.39, 0.29) is 28.6 Å². The van der Waals surface area contributed by atoms with Gasteiger partial charge in [0, 0.05) is 48.8 Å². The van der Waals surface area contributed by atoms with Crippen LogP contribution in [-0.4, -0.2) is 51.8 Å². The molecule has 1 N–H and O–H groups in total. The first kappa shape index (κ1) is 19.9. The van der Waals surface area contributed by atoms with E-state index in [1.54, 1.807) is 6.07 Å². The van der Waals surface area contributed by atoms with Crippen molar-refractivity contribution in [2.45, 2.75) is 58.2 Å². The molecule has 2 aliphatic rings. The Labute approximate surface area is 169 Å². The second-order valence-electron chi connectivity index (χ2n) is 9.30. The third kappa shape index (κ3) is 3.52. The van der Waals surface area contributed by atoms with E-state index in [0.29, 0.717) is 24.3 Å². The topological polar surface area (TPSA) is 65.8 Å². The second kappa shape index (κ2) is 6.83. The van der Waals surface area contributed by atoms with Crippen LogP contribution in [-0.2, 0) is 0 Å². The third-order valence-corrected chi connectivity index (χ3v) is 6.10. The lowest BCUT2D eigenvalue weighted by Gasteiger charge is -2.47. The van der Waals surface area contributed by atoms with E-state index in [0.717, 1.165) is 19.4 Å². The van der Waals surface area contributed by atoms with Gasteiger partial charge in [-0.15, -0.1) is 0 Å². The largest absolute Gasteiger partial charge is 0.477 e. The van der Waals surface area contributed by atoms with Gasteiger partial charge < -0.3 is 14.6 Å². The highest BCUT2D eigenvalue weighted by molar-refractivity contribution is 5.93. The van der Waals surface area contributed by atoms with Crippen LogP contribution in [0.4, 0.5) is 10.1 Å². The molecule has 2 aromatic rings. The number of benzene rings is 1. The van der Waals surface area contributed by atoms with E-state index in [1.807, 2.05) is 9.47 Å². The molecule has 1 aromatic heterocycles. The zero-order valence-corrected chi connectivity index (χ0v) is 17.4. The van der Waals surface area contributed by atoms with Crippen LogP contribution in [0.5, 0.6) is 0 Å². The molecular weight excluding hydrogens is 373 g/mol. The fourth-order valence-corrected chi connectivity index (χ4v) is 4.58. The van der Waals surface area contributed by atoms with Crippen LogP contribution in [0.2, 0.25) is 0 Å². The molecule has 1 aromatic carbocycles. The minimum Gasteiger partial charge on any atom is -0.477 e. The monoisotopic (exact) mass is 401 g/mol. The zero-order chi connectivity index (χ0) is 21.1. The van der Waals surface area contributed by atoms with E-state index >= 15 is 4.39 Å². The second-order valence-corrected chi connectivity index (χ2v) is 9.30. The number of pyridine rings is 1. The van der Waals surface area contributed by atoms with Crippen LogP contribution in [0, 0.1) is 5.82 Å². The van der Waals surface area contributed by atoms with Gasteiger partial charge >= 0.3 is 5.97 Å². The molecule has 2 heterocycles. The summed E-state index contributed by atoms with van der Waals surface area (Å²) in [4.78, 5) is 28.6. The number of carboxylic acids is 1. The van der Waals surface area contributed by atoms with Crippen molar-refractivity contribution in [2.75, 3.05) is 24.5 Å². The van der Waals surface area contributed by atoms with Crippen molar-refractivity contribution in [3.63, 3.8) is 0 Å². The molecule has 1 aliphatic heterocycles. The summed E-state index contributed by atoms with van der Waals surface area (Å²) in [6.45, 7) is 10.9. The number of carbonyl (C=O) groups is 1. The highest BCUT2D eigenvalue weighted by Gasteiger charge is 2.33. The van der Waals surface area contributed by atoms with Crippen LogP contribution in [0.25, 0.3) is 10.9 Å². The maximum Gasteiger partial charge on any atom is 0.341 e. The van der Waals surface area contributed by atoms with Crippen LogP contribution in [0.3, 0.4) is 0 Å². The molecular formula is C22H28FN3O3. The quantitative estimate of drug-likeness (QED) is 0.853. The number of nitrogens with zero attached hydrogens (tertiary/aromatic N) is 3. The Morgan fingerprint density at radius 3 is 2.45 bits per heavy atom. The summed E-state index contributed by atoms with van der Waals surface area (Å²) in [5, 5.41) is 9.52. The number of hydrogen-bond donors (Lipinski definition) is 1. The van der Waals surface area contributed by atoms with Gasteiger partial charge in [-0.1, -0.05) is 0 Å². The zero-order valence-electron chi connectivity index (χ0n) is 17.4. The fraction of sp³-hybridized carbons (Fsp3) is 0.545. The maximum absolute atomic E-state index is 15.1. The summed E-state index contributed by atoms with van der Waals surface area (Å²) in [6.07, 6.45) is 3.29. The van der Waals surface area contributed by atoms with Gasteiger partial charge in [0.05, 0.1) is 11.2 Å². The average Bonchev–Trinajstić information content (AvgIpc) is 3.45. The highest BCUT2D eigenvalue weighted by Crippen LogP contribution is 2.38. The molecule has 1 unspecified atom stereocenters. The number of anilines is 1. The minimum atomic E-state index is -1.28. The molecule has 1 atom stereocenters.